The number of likely N-dealkylation sites (N-methyl/N-ethyl adjacent to an activating group) is 1. The van der Waals surface area contributed by atoms with Crippen LogP contribution in [0.2, 0.25) is 0 Å². The van der Waals surface area contributed by atoms with E-state index >= 15 is 0 Å². The van der Waals surface area contributed by atoms with E-state index in [0.29, 0.717) is 0 Å². The van der Waals surface area contributed by atoms with Crippen molar-refractivity contribution in [3.8, 4) is 0 Å². The second-order valence-corrected chi connectivity index (χ2v) is 6.68. The Morgan fingerprint density at radius 3 is 2.54 bits per heavy atom. The molecular formula is C20H36IN5. The molecule has 0 aliphatic carbocycles. The van der Waals surface area contributed by atoms with Crippen LogP contribution >= 0.6 is 24.0 Å². The molecule has 1 atom stereocenters. The van der Waals surface area contributed by atoms with Crippen molar-refractivity contribution in [2.45, 2.75) is 39.7 Å². The number of rotatable bonds is 8. The molecule has 0 saturated carbocycles. The van der Waals surface area contributed by atoms with Crippen LogP contribution in [0.5, 0.6) is 0 Å². The van der Waals surface area contributed by atoms with E-state index < -0.39 is 0 Å². The van der Waals surface area contributed by atoms with Gasteiger partial charge in [0.15, 0.2) is 5.96 Å². The first-order valence-electron chi connectivity index (χ1n) is 9.72. The third kappa shape index (κ3) is 6.95. The molecule has 1 unspecified atom stereocenters. The Balaban J connectivity index is 0.00000338. The van der Waals surface area contributed by atoms with Gasteiger partial charge in [0.25, 0.3) is 0 Å². The molecule has 1 aliphatic rings. The fourth-order valence-electron chi connectivity index (χ4n) is 3.32. The minimum absolute atomic E-state index is 0. The molecule has 1 heterocycles. The van der Waals surface area contributed by atoms with Crippen LogP contribution in [0.25, 0.3) is 0 Å². The number of nitrogens with zero attached hydrogens (tertiary/aromatic N) is 3. The van der Waals surface area contributed by atoms with Crippen molar-refractivity contribution in [2.24, 2.45) is 4.99 Å². The molecule has 0 radical (unpaired) electrons. The summed E-state index contributed by atoms with van der Waals surface area (Å²) in [5.41, 5.74) is 2.64. The third-order valence-corrected chi connectivity index (χ3v) is 5.03. The Morgan fingerprint density at radius 1 is 1.23 bits per heavy atom. The highest BCUT2D eigenvalue weighted by Gasteiger charge is 2.14. The third-order valence-electron chi connectivity index (χ3n) is 5.03. The summed E-state index contributed by atoms with van der Waals surface area (Å²) in [7, 11) is 1.83. The lowest BCUT2D eigenvalue weighted by atomic mass is 10.1. The van der Waals surface area contributed by atoms with Gasteiger partial charge in [0.1, 0.15) is 0 Å². The van der Waals surface area contributed by atoms with Crippen LogP contribution in [0.15, 0.2) is 29.3 Å². The molecule has 1 saturated heterocycles. The van der Waals surface area contributed by atoms with E-state index in [9.17, 15) is 0 Å². The Kier molecular flexibility index (Phi) is 11.0. The summed E-state index contributed by atoms with van der Waals surface area (Å²) in [4.78, 5) is 9.25. The van der Waals surface area contributed by atoms with Crippen LogP contribution < -0.4 is 15.5 Å². The van der Waals surface area contributed by atoms with Crippen molar-refractivity contribution < 1.29 is 0 Å². The zero-order valence-corrected chi connectivity index (χ0v) is 19.1. The molecule has 0 amide bonds. The van der Waals surface area contributed by atoms with Gasteiger partial charge < -0.3 is 20.4 Å². The van der Waals surface area contributed by atoms with Crippen molar-refractivity contribution in [1.82, 2.24) is 15.5 Å². The van der Waals surface area contributed by atoms with Crippen LogP contribution in [0.4, 0.5) is 5.69 Å². The number of guanidine groups is 1. The van der Waals surface area contributed by atoms with Gasteiger partial charge in [-0.25, -0.2) is 0 Å². The number of nitrogens with one attached hydrogen (secondary N) is 2. The lowest BCUT2D eigenvalue weighted by Gasteiger charge is -2.23. The lowest BCUT2D eigenvalue weighted by Crippen LogP contribution is -2.42. The molecule has 1 aromatic rings. The predicted octanol–water partition coefficient (Wildman–Crippen LogP) is 3.47. The van der Waals surface area contributed by atoms with E-state index in [4.69, 9.17) is 0 Å². The van der Waals surface area contributed by atoms with Gasteiger partial charge in [-0.3, -0.25) is 4.99 Å². The van der Waals surface area contributed by atoms with Crippen LogP contribution in [0, 0.1) is 0 Å². The van der Waals surface area contributed by atoms with Crippen LogP contribution in [-0.4, -0.2) is 57.2 Å². The van der Waals surface area contributed by atoms with Gasteiger partial charge in [0.05, 0.1) is 6.04 Å². The highest BCUT2D eigenvalue weighted by Crippen LogP contribution is 2.23. The zero-order chi connectivity index (χ0) is 18.1. The highest BCUT2D eigenvalue weighted by molar-refractivity contribution is 14.0. The molecule has 2 N–H and O–H groups in total. The molecule has 1 fully saturated rings. The summed E-state index contributed by atoms with van der Waals surface area (Å²) in [5, 5.41) is 6.94. The van der Waals surface area contributed by atoms with E-state index in [1.54, 1.807) is 0 Å². The minimum Gasteiger partial charge on any atom is -0.372 e. The Hall–Kier alpha value is -1.02. The molecule has 0 spiro atoms. The summed E-state index contributed by atoms with van der Waals surface area (Å²) in [5.74, 6) is 0.867. The van der Waals surface area contributed by atoms with E-state index in [1.807, 2.05) is 7.05 Å². The molecule has 26 heavy (non-hydrogen) atoms. The number of aliphatic imine (C=N–C) groups is 1. The smallest absolute Gasteiger partial charge is 0.191 e. The number of halogens is 1. The molecule has 1 aromatic carbocycles. The first-order valence-corrected chi connectivity index (χ1v) is 9.72. The van der Waals surface area contributed by atoms with Crippen molar-refractivity contribution in [3.05, 3.63) is 29.8 Å². The van der Waals surface area contributed by atoms with Gasteiger partial charge in [0, 0.05) is 38.9 Å². The highest BCUT2D eigenvalue weighted by atomic mass is 127. The van der Waals surface area contributed by atoms with Crippen molar-refractivity contribution in [2.75, 3.05) is 51.2 Å². The second kappa shape index (κ2) is 12.4. The maximum absolute atomic E-state index is 4.37. The largest absolute Gasteiger partial charge is 0.372 e. The minimum atomic E-state index is 0. The van der Waals surface area contributed by atoms with Gasteiger partial charge in [-0.1, -0.05) is 26.0 Å². The summed E-state index contributed by atoms with van der Waals surface area (Å²) < 4.78 is 0. The number of hydrogen-bond acceptors (Lipinski definition) is 3. The van der Waals surface area contributed by atoms with Crippen LogP contribution in [0.3, 0.4) is 0 Å². The topological polar surface area (TPSA) is 42.9 Å². The van der Waals surface area contributed by atoms with E-state index in [1.165, 1.54) is 37.2 Å². The Bertz CT molecular complexity index is 539. The molecular weight excluding hydrogens is 437 g/mol. The number of hydrogen-bond donors (Lipinski definition) is 2. The van der Waals surface area contributed by atoms with E-state index in [-0.39, 0.29) is 30.0 Å². The molecule has 6 heteroatoms. The average Bonchev–Trinajstić information content (AvgIpc) is 3.19. The van der Waals surface area contributed by atoms with E-state index in [2.05, 4.69) is 70.5 Å². The van der Waals surface area contributed by atoms with Gasteiger partial charge >= 0.3 is 0 Å². The number of benzene rings is 1. The fraction of sp³-hybridized carbons (Fsp3) is 0.650. The van der Waals surface area contributed by atoms with Crippen molar-refractivity contribution in [1.29, 1.82) is 0 Å². The van der Waals surface area contributed by atoms with Gasteiger partial charge in [-0.15, -0.1) is 24.0 Å². The fourth-order valence-corrected chi connectivity index (χ4v) is 3.32. The van der Waals surface area contributed by atoms with Crippen LogP contribution in [0.1, 0.15) is 45.2 Å². The zero-order valence-electron chi connectivity index (χ0n) is 16.8. The monoisotopic (exact) mass is 473 g/mol. The maximum Gasteiger partial charge on any atom is 0.191 e. The molecule has 2 rings (SSSR count). The first-order chi connectivity index (χ1) is 12.2. The van der Waals surface area contributed by atoms with Crippen LogP contribution in [-0.2, 0) is 0 Å². The summed E-state index contributed by atoms with van der Waals surface area (Å²) in [6, 6.07) is 9.12. The average molecular weight is 473 g/mol. The lowest BCUT2D eigenvalue weighted by molar-refractivity contribution is 0.308. The van der Waals surface area contributed by atoms with Crippen molar-refractivity contribution in [3.63, 3.8) is 0 Å². The predicted molar refractivity (Wildman–Crippen MR) is 124 cm³/mol. The second-order valence-electron chi connectivity index (χ2n) is 6.68. The Labute approximate surface area is 176 Å². The normalized spacial score (nSPS) is 15.7. The van der Waals surface area contributed by atoms with Gasteiger partial charge in [-0.05, 0) is 50.6 Å². The van der Waals surface area contributed by atoms with Gasteiger partial charge in [-0.2, -0.15) is 0 Å². The Morgan fingerprint density at radius 2 is 1.92 bits per heavy atom. The number of anilines is 1. The summed E-state index contributed by atoms with van der Waals surface area (Å²) in [6.07, 6.45) is 2.61. The standard InChI is InChI=1S/C20H35N5.HI/c1-5-24(6-2)15-12-22-20(21-4)23-17(3)18-10-9-11-19(16-18)25-13-7-8-14-25;/h9-11,16-17H,5-8,12-15H2,1-4H3,(H2,21,22,23);1H. The summed E-state index contributed by atoms with van der Waals surface area (Å²) >= 11 is 0. The molecule has 1 aliphatic heterocycles. The molecule has 148 valence electrons. The molecule has 0 aromatic heterocycles. The molecule has 0 bridgehead atoms. The summed E-state index contributed by atoms with van der Waals surface area (Å²) in [6.45, 7) is 13.1. The molecule has 5 nitrogen and oxygen atoms in total. The van der Waals surface area contributed by atoms with E-state index in [0.717, 1.165) is 32.1 Å². The van der Waals surface area contributed by atoms with Crippen molar-refractivity contribution >= 4 is 35.6 Å². The maximum atomic E-state index is 4.37. The quantitative estimate of drug-likeness (QED) is 0.345. The van der Waals surface area contributed by atoms with Gasteiger partial charge in [0.2, 0.25) is 0 Å². The SMILES string of the molecule is CCN(CC)CCNC(=NC)NC(C)c1cccc(N2CCCC2)c1.I. The first kappa shape index (κ1) is 23.0.